The zero-order valence-corrected chi connectivity index (χ0v) is 11.3. The lowest BCUT2D eigenvalue weighted by Gasteiger charge is -2.12. The Morgan fingerprint density at radius 1 is 1.00 bits per heavy atom. The van der Waals surface area contributed by atoms with Crippen LogP contribution in [0.3, 0.4) is 0 Å². The summed E-state index contributed by atoms with van der Waals surface area (Å²) in [6.07, 6.45) is 0. The summed E-state index contributed by atoms with van der Waals surface area (Å²) in [6.45, 7) is 0. The van der Waals surface area contributed by atoms with E-state index in [9.17, 15) is 0 Å². The van der Waals surface area contributed by atoms with E-state index in [4.69, 9.17) is 19.9 Å². The van der Waals surface area contributed by atoms with Crippen molar-refractivity contribution in [1.29, 1.82) is 0 Å². The van der Waals surface area contributed by atoms with Gasteiger partial charge >= 0.3 is 0 Å². The van der Waals surface area contributed by atoms with Crippen molar-refractivity contribution in [2.45, 2.75) is 0 Å². The fourth-order valence-corrected chi connectivity index (χ4v) is 1.71. The minimum absolute atomic E-state index is 0.326. The lowest BCUT2D eigenvalue weighted by molar-refractivity contribution is 0.349. The molecular weight excluding hydrogens is 248 g/mol. The van der Waals surface area contributed by atoms with Crippen LogP contribution in [0.2, 0.25) is 0 Å². The number of methoxy groups -OCH3 is 3. The molecule has 0 amide bonds. The summed E-state index contributed by atoms with van der Waals surface area (Å²) in [6, 6.07) is 3.48. The van der Waals surface area contributed by atoms with E-state index in [1.165, 1.54) is 4.68 Å². The van der Waals surface area contributed by atoms with Gasteiger partial charge in [0.15, 0.2) is 17.3 Å². The maximum absolute atomic E-state index is 5.69. The largest absolute Gasteiger partial charge is 0.496 e. The van der Waals surface area contributed by atoms with E-state index >= 15 is 0 Å². The Kier molecular flexibility index (Phi) is 3.46. The molecule has 0 radical (unpaired) electrons. The third kappa shape index (κ3) is 2.26. The topological polar surface area (TPSA) is 84.4 Å². The molecule has 0 aliphatic carbocycles. The van der Waals surface area contributed by atoms with Crippen LogP contribution in [0, 0.1) is 0 Å². The Balaban J connectivity index is 2.61. The van der Waals surface area contributed by atoms with E-state index in [0.29, 0.717) is 34.6 Å². The van der Waals surface area contributed by atoms with E-state index in [0.717, 1.165) is 0 Å². The van der Waals surface area contributed by atoms with E-state index in [2.05, 4.69) is 10.1 Å². The molecule has 0 fully saturated rings. The maximum atomic E-state index is 5.69. The first-order valence-electron chi connectivity index (χ1n) is 5.57. The lowest BCUT2D eigenvalue weighted by Crippen LogP contribution is -1.97. The van der Waals surface area contributed by atoms with Crippen LogP contribution < -0.4 is 19.9 Å². The van der Waals surface area contributed by atoms with Crippen LogP contribution in [0.25, 0.3) is 11.4 Å². The van der Waals surface area contributed by atoms with Gasteiger partial charge in [-0.15, -0.1) is 5.10 Å². The van der Waals surface area contributed by atoms with Crippen molar-refractivity contribution in [2.24, 2.45) is 7.05 Å². The normalized spacial score (nSPS) is 10.3. The minimum Gasteiger partial charge on any atom is -0.496 e. The molecule has 19 heavy (non-hydrogen) atoms. The van der Waals surface area contributed by atoms with Crippen molar-refractivity contribution in [1.82, 2.24) is 14.8 Å². The van der Waals surface area contributed by atoms with E-state index in [-0.39, 0.29) is 0 Å². The molecule has 2 N–H and O–H groups in total. The molecule has 102 valence electrons. The van der Waals surface area contributed by atoms with Gasteiger partial charge in [-0.1, -0.05) is 0 Å². The highest BCUT2D eigenvalue weighted by Crippen LogP contribution is 2.38. The predicted octanol–water partition coefficient (Wildman–Crippen LogP) is 1.09. The molecular formula is C12H16N4O3. The number of nitrogens with two attached hydrogens (primary N) is 1. The minimum atomic E-state index is 0.326. The van der Waals surface area contributed by atoms with Crippen molar-refractivity contribution < 1.29 is 14.2 Å². The molecule has 1 heterocycles. The Labute approximate surface area is 110 Å². The number of ether oxygens (including phenoxy) is 3. The summed E-state index contributed by atoms with van der Waals surface area (Å²) in [4.78, 5) is 4.17. The third-order valence-electron chi connectivity index (χ3n) is 2.74. The highest BCUT2D eigenvalue weighted by molar-refractivity contribution is 5.70. The van der Waals surface area contributed by atoms with Gasteiger partial charge in [0.1, 0.15) is 5.75 Å². The molecule has 0 saturated heterocycles. The second kappa shape index (κ2) is 5.05. The zero-order chi connectivity index (χ0) is 14.0. The maximum Gasteiger partial charge on any atom is 0.218 e. The number of hydrogen-bond acceptors (Lipinski definition) is 6. The van der Waals surface area contributed by atoms with Crippen molar-refractivity contribution in [3.05, 3.63) is 12.1 Å². The Morgan fingerprint density at radius 3 is 2.05 bits per heavy atom. The summed E-state index contributed by atoms with van der Waals surface area (Å²) < 4.78 is 17.3. The molecule has 0 unspecified atom stereocenters. The smallest absolute Gasteiger partial charge is 0.218 e. The van der Waals surface area contributed by atoms with Gasteiger partial charge in [-0.25, -0.2) is 4.68 Å². The summed E-state index contributed by atoms with van der Waals surface area (Å²) in [5.41, 5.74) is 6.38. The molecule has 2 rings (SSSR count). The van der Waals surface area contributed by atoms with Crippen LogP contribution in [0.4, 0.5) is 5.95 Å². The number of anilines is 1. The van der Waals surface area contributed by atoms with Crippen LogP contribution in [0.5, 0.6) is 17.2 Å². The third-order valence-corrected chi connectivity index (χ3v) is 2.74. The molecule has 2 aromatic rings. The molecule has 7 nitrogen and oxygen atoms in total. The zero-order valence-electron chi connectivity index (χ0n) is 11.3. The van der Waals surface area contributed by atoms with Gasteiger partial charge in [0.25, 0.3) is 0 Å². The van der Waals surface area contributed by atoms with Gasteiger partial charge in [0, 0.05) is 13.1 Å². The van der Waals surface area contributed by atoms with E-state index in [1.54, 1.807) is 40.5 Å². The first-order chi connectivity index (χ1) is 9.10. The van der Waals surface area contributed by atoms with Gasteiger partial charge in [0.05, 0.1) is 26.9 Å². The van der Waals surface area contributed by atoms with Crippen LogP contribution in [-0.4, -0.2) is 36.1 Å². The molecule has 0 aliphatic heterocycles. The van der Waals surface area contributed by atoms with E-state index < -0.39 is 0 Å². The fourth-order valence-electron chi connectivity index (χ4n) is 1.71. The summed E-state index contributed by atoms with van der Waals surface area (Å²) in [5.74, 6) is 2.53. The van der Waals surface area contributed by atoms with Gasteiger partial charge in [-0.2, -0.15) is 4.98 Å². The van der Waals surface area contributed by atoms with Crippen LogP contribution in [0.1, 0.15) is 0 Å². The summed E-state index contributed by atoms with van der Waals surface area (Å²) in [5, 5.41) is 4.22. The second-order valence-corrected chi connectivity index (χ2v) is 3.82. The monoisotopic (exact) mass is 264 g/mol. The number of benzene rings is 1. The van der Waals surface area contributed by atoms with E-state index in [1.807, 2.05) is 0 Å². The molecule has 7 heteroatoms. The SMILES string of the molecule is COc1cc(OC)c(-c2nc(N)n(C)n2)cc1OC. The average Bonchev–Trinajstić information content (AvgIpc) is 2.76. The molecule has 0 aliphatic rings. The molecule has 0 atom stereocenters. The lowest BCUT2D eigenvalue weighted by atomic mass is 10.1. The molecule has 0 spiro atoms. The number of nitrogen functional groups attached to an aromatic ring is 1. The van der Waals surface area contributed by atoms with Crippen LogP contribution in [0.15, 0.2) is 12.1 Å². The average molecular weight is 264 g/mol. The Bertz CT molecular complexity index is 575. The number of hydrogen-bond donors (Lipinski definition) is 1. The number of nitrogens with zero attached hydrogens (tertiary/aromatic N) is 3. The quantitative estimate of drug-likeness (QED) is 0.889. The van der Waals surface area contributed by atoms with Crippen LogP contribution in [-0.2, 0) is 7.05 Å². The first kappa shape index (κ1) is 13.0. The van der Waals surface area contributed by atoms with Gasteiger partial charge in [-0.3, -0.25) is 0 Å². The molecule has 0 bridgehead atoms. The van der Waals surface area contributed by atoms with Crippen molar-refractivity contribution in [2.75, 3.05) is 27.1 Å². The van der Waals surface area contributed by atoms with Crippen LogP contribution >= 0.6 is 0 Å². The standard InChI is InChI=1S/C12H16N4O3/c1-16-12(13)14-11(15-16)7-5-9(18-3)10(19-4)6-8(7)17-2/h5-6H,1-4H3,(H2,13,14,15). The second-order valence-electron chi connectivity index (χ2n) is 3.82. The molecule has 1 aromatic heterocycles. The highest BCUT2D eigenvalue weighted by atomic mass is 16.5. The Hall–Kier alpha value is -2.44. The predicted molar refractivity (Wildman–Crippen MR) is 70.5 cm³/mol. The van der Waals surface area contributed by atoms with Gasteiger partial charge in [0.2, 0.25) is 5.95 Å². The molecule has 0 saturated carbocycles. The first-order valence-corrected chi connectivity index (χ1v) is 5.57. The number of rotatable bonds is 4. The van der Waals surface area contributed by atoms with Crippen molar-refractivity contribution in [3.8, 4) is 28.6 Å². The Morgan fingerprint density at radius 2 is 1.58 bits per heavy atom. The van der Waals surface area contributed by atoms with Crippen molar-refractivity contribution >= 4 is 5.95 Å². The summed E-state index contributed by atoms with van der Waals surface area (Å²) >= 11 is 0. The van der Waals surface area contributed by atoms with Crippen molar-refractivity contribution in [3.63, 3.8) is 0 Å². The fraction of sp³-hybridized carbons (Fsp3) is 0.333. The number of aryl methyl sites for hydroxylation is 1. The van der Waals surface area contributed by atoms with Gasteiger partial charge < -0.3 is 19.9 Å². The summed E-state index contributed by atoms with van der Waals surface area (Å²) in [7, 11) is 6.42. The van der Waals surface area contributed by atoms with Gasteiger partial charge in [-0.05, 0) is 6.07 Å². The molecule has 1 aromatic carbocycles. The number of aromatic nitrogens is 3. The highest BCUT2D eigenvalue weighted by Gasteiger charge is 2.17.